The lowest BCUT2D eigenvalue weighted by molar-refractivity contribution is -0.120. The first-order valence-electron chi connectivity index (χ1n) is 9.36. The van der Waals surface area contributed by atoms with Gasteiger partial charge in [-0.3, -0.25) is 9.36 Å². The van der Waals surface area contributed by atoms with Gasteiger partial charge in [0.05, 0.1) is 16.0 Å². The van der Waals surface area contributed by atoms with Crippen molar-refractivity contribution in [3.8, 4) is 5.82 Å². The normalized spacial score (nSPS) is 16.7. The molecule has 1 aromatic carbocycles. The molecule has 2 aromatic heterocycles. The first-order chi connectivity index (χ1) is 14.0. The molecule has 1 unspecified atom stereocenters. The van der Waals surface area contributed by atoms with Gasteiger partial charge in [0.25, 0.3) is 0 Å². The van der Waals surface area contributed by atoms with E-state index in [0.717, 1.165) is 36.8 Å². The number of anilines is 2. The molecule has 1 atom stereocenters. The van der Waals surface area contributed by atoms with Crippen LogP contribution in [0.5, 0.6) is 0 Å². The van der Waals surface area contributed by atoms with E-state index in [0.29, 0.717) is 22.3 Å². The van der Waals surface area contributed by atoms with E-state index in [1.807, 2.05) is 29.8 Å². The van der Waals surface area contributed by atoms with Gasteiger partial charge in [-0.05, 0) is 50.1 Å². The molecule has 3 aromatic rings. The molecule has 0 aliphatic carbocycles. The maximum atomic E-state index is 12.7. The second-order valence-electron chi connectivity index (χ2n) is 7.00. The van der Waals surface area contributed by atoms with Crippen LogP contribution in [0.2, 0.25) is 10.0 Å². The largest absolute Gasteiger partial charge is 0.354 e. The Morgan fingerprint density at radius 3 is 2.62 bits per heavy atom. The number of carbonyl (C=O) groups excluding carboxylic acids is 1. The topological polar surface area (TPSA) is 75.9 Å². The van der Waals surface area contributed by atoms with E-state index in [1.165, 1.54) is 0 Å². The summed E-state index contributed by atoms with van der Waals surface area (Å²) >= 11 is 12.0. The van der Waals surface area contributed by atoms with Crippen LogP contribution in [0.3, 0.4) is 0 Å². The van der Waals surface area contributed by atoms with Crippen LogP contribution in [-0.2, 0) is 4.79 Å². The van der Waals surface area contributed by atoms with Gasteiger partial charge in [-0.1, -0.05) is 23.2 Å². The summed E-state index contributed by atoms with van der Waals surface area (Å²) in [4.78, 5) is 19.0. The van der Waals surface area contributed by atoms with E-state index in [4.69, 9.17) is 23.2 Å². The number of nitrogens with one attached hydrogen (secondary N) is 1. The van der Waals surface area contributed by atoms with Gasteiger partial charge in [0.2, 0.25) is 5.91 Å². The second-order valence-corrected chi connectivity index (χ2v) is 7.81. The van der Waals surface area contributed by atoms with Gasteiger partial charge >= 0.3 is 0 Å². The lowest BCUT2D eigenvalue weighted by atomic mass is 9.97. The van der Waals surface area contributed by atoms with Crippen molar-refractivity contribution >= 4 is 40.6 Å². The van der Waals surface area contributed by atoms with E-state index in [9.17, 15) is 4.79 Å². The maximum absolute atomic E-state index is 12.7. The smallest absolute Gasteiger partial charge is 0.229 e. The third-order valence-electron chi connectivity index (χ3n) is 5.01. The molecule has 0 spiro atoms. The van der Waals surface area contributed by atoms with Crippen LogP contribution in [0.15, 0.2) is 42.7 Å². The van der Waals surface area contributed by atoms with Gasteiger partial charge in [0.15, 0.2) is 11.6 Å². The molecule has 9 heteroatoms. The fourth-order valence-corrected chi connectivity index (χ4v) is 3.75. The Labute approximate surface area is 178 Å². The molecule has 1 N–H and O–H groups in total. The Bertz CT molecular complexity index is 1020. The molecular weight excluding hydrogens is 411 g/mol. The minimum atomic E-state index is -0.143. The third kappa shape index (κ3) is 4.36. The van der Waals surface area contributed by atoms with Crippen LogP contribution in [0.25, 0.3) is 5.82 Å². The van der Waals surface area contributed by atoms with Crippen LogP contribution in [0.4, 0.5) is 11.5 Å². The van der Waals surface area contributed by atoms with Gasteiger partial charge in [-0.25, -0.2) is 4.98 Å². The lowest BCUT2D eigenvalue weighted by Crippen LogP contribution is -2.41. The number of hydrogen-bond donors (Lipinski definition) is 1. The quantitative estimate of drug-likeness (QED) is 0.672. The monoisotopic (exact) mass is 430 g/mol. The summed E-state index contributed by atoms with van der Waals surface area (Å²) in [6, 6.07) is 8.92. The predicted octanol–water partition coefficient (Wildman–Crippen LogP) is 4.13. The highest BCUT2D eigenvalue weighted by molar-refractivity contribution is 6.42. The van der Waals surface area contributed by atoms with Gasteiger partial charge in [-0.2, -0.15) is 0 Å². The third-order valence-corrected chi connectivity index (χ3v) is 5.75. The Morgan fingerprint density at radius 2 is 1.93 bits per heavy atom. The summed E-state index contributed by atoms with van der Waals surface area (Å²) in [6.45, 7) is 3.34. The van der Waals surface area contributed by atoms with Crippen molar-refractivity contribution < 1.29 is 4.79 Å². The van der Waals surface area contributed by atoms with Crippen molar-refractivity contribution in [1.29, 1.82) is 0 Å². The van der Waals surface area contributed by atoms with Crippen molar-refractivity contribution in [1.82, 2.24) is 19.7 Å². The summed E-state index contributed by atoms with van der Waals surface area (Å²) in [5, 5.41) is 12.5. The molecule has 1 saturated heterocycles. The summed E-state index contributed by atoms with van der Waals surface area (Å²) in [5.74, 6) is 2.15. The zero-order valence-corrected chi connectivity index (χ0v) is 17.4. The number of halogens is 2. The standard InChI is InChI=1S/C20H20Cl2N6O/c1-13-23-8-10-28(13)19-7-6-18(25-26-19)27-9-2-3-14(12-27)20(29)24-15-4-5-16(21)17(22)11-15/h4-8,10-11,14H,2-3,9,12H2,1H3,(H,24,29). The number of aryl methyl sites for hydroxylation is 1. The van der Waals surface area contributed by atoms with Gasteiger partial charge < -0.3 is 10.2 Å². The van der Waals surface area contributed by atoms with E-state index >= 15 is 0 Å². The first kappa shape index (κ1) is 19.7. The Morgan fingerprint density at radius 1 is 1.14 bits per heavy atom. The number of aromatic nitrogens is 4. The molecule has 1 aliphatic rings. The van der Waals surface area contributed by atoms with Crippen LogP contribution in [-0.4, -0.2) is 38.7 Å². The summed E-state index contributed by atoms with van der Waals surface area (Å²) in [5.41, 5.74) is 0.640. The first-order valence-corrected chi connectivity index (χ1v) is 10.1. The lowest BCUT2D eigenvalue weighted by Gasteiger charge is -2.32. The van der Waals surface area contributed by atoms with Crippen LogP contribution < -0.4 is 10.2 Å². The van der Waals surface area contributed by atoms with Crippen molar-refractivity contribution in [3.63, 3.8) is 0 Å². The highest BCUT2D eigenvalue weighted by atomic mass is 35.5. The average molecular weight is 431 g/mol. The SMILES string of the molecule is Cc1nccn1-c1ccc(N2CCCC(C(=O)Nc3ccc(Cl)c(Cl)c3)C2)nn1. The molecule has 29 heavy (non-hydrogen) atoms. The van der Waals surface area contributed by atoms with E-state index in [-0.39, 0.29) is 11.8 Å². The number of amides is 1. The molecule has 3 heterocycles. The fraction of sp³-hybridized carbons (Fsp3) is 0.300. The maximum Gasteiger partial charge on any atom is 0.229 e. The van der Waals surface area contributed by atoms with Crippen LogP contribution in [0.1, 0.15) is 18.7 Å². The second kappa shape index (κ2) is 8.39. The van der Waals surface area contributed by atoms with Gasteiger partial charge in [0, 0.05) is 31.2 Å². The summed E-state index contributed by atoms with van der Waals surface area (Å²) in [6.07, 6.45) is 5.31. The molecule has 1 fully saturated rings. The van der Waals surface area contributed by atoms with Crippen LogP contribution >= 0.6 is 23.2 Å². The van der Waals surface area contributed by atoms with Crippen molar-refractivity contribution in [2.24, 2.45) is 5.92 Å². The molecule has 1 amide bonds. The minimum Gasteiger partial charge on any atom is -0.354 e. The molecule has 0 radical (unpaired) electrons. The minimum absolute atomic E-state index is 0.0355. The Balaban J connectivity index is 1.43. The molecule has 1 aliphatic heterocycles. The van der Waals surface area contributed by atoms with Crippen molar-refractivity contribution in [2.45, 2.75) is 19.8 Å². The summed E-state index contributed by atoms with van der Waals surface area (Å²) in [7, 11) is 0. The number of rotatable bonds is 4. The number of nitrogens with zero attached hydrogens (tertiary/aromatic N) is 5. The van der Waals surface area contributed by atoms with E-state index in [1.54, 1.807) is 24.4 Å². The Kier molecular flexibility index (Phi) is 5.69. The van der Waals surface area contributed by atoms with Gasteiger partial charge in [-0.15, -0.1) is 10.2 Å². The molecule has 150 valence electrons. The van der Waals surface area contributed by atoms with E-state index < -0.39 is 0 Å². The molecular formula is C20H20Cl2N6O. The van der Waals surface area contributed by atoms with Crippen molar-refractivity contribution in [2.75, 3.05) is 23.3 Å². The fourth-order valence-electron chi connectivity index (χ4n) is 3.45. The Hall–Kier alpha value is -2.64. The number of benzene rings is 1. The summed E-state index contributed by atoms with van der Waals surface area (Å²) < 4.78 is 1.88. The highest BCUT2D eigenvalue weighted by Gasteiger charge is 2.27. The molecule has 0 bridgehead atoms. The predicted molar refractivity (Wildman–Crippen MR) is 114 cm³/mol. The average Bonchev–Trinajstić information content (AvgIpc) is 3.17. The molecule has 0 saturated carbocycles. The number of hydrogen-bond acceptors (Lipinski definition) is 5. The zero-order valence-electron chi connectivity index (χ0n) is 15.8. The zero-order chi connectivity index (χ0) is 20.4. The number of piperidine rings is 1. The highest BCUT2D eigenvalue weighted by Crippen LogP contribution is 2.27. The number of carbonyl (C=O) groups is 1. The van der Waals surface area contributed by atoms with Crippen molar-refractivity contribution in [3.05, 3.63) is 58.6 Å². The molecule has 7 nitrogen and oxygen atoms in total. The number of imidazole rings is 1. The molecule has 4 rings (SSSR count). The van der Waals surface area contributed by atoms with Crippen LogP contribution in [0, 0.1) is 12.8 Å². The van der Waals surface area contributed by atoms with Gasteiger partial charge in [0.1, 0.15) is 5.82 Å². The van der Waals surface area contributed by atoms with E-state index in [2.05, 4.69) is 25.4 Å².